The Morgan fingerprint density at radius 2 is 1.60 bits per heavy atom. The van der Waals surface area contributed by atoms with Crippen LogP contribution in [0.2, 0.25) is 0 Å². The van der Waals surface area contributed by atoms with Crippen molar-refractivity contribution in [2.75, 3.05) is 0 Å². The van der Waals surface area contributed by atoms with E-state index in [0.717, 1.165) is 5.32 Å². The molecule has 2 N–H and O–H groups in total. The first-order chi connectivity index (χ1) is 6.50. The summed E-state index contributed by atoms with van der Waals surface area (Å²) in [5, 5.41) is 9.00. The van der Waals surface area contributed by atoms with Crippen molar-refractivity contribution in [1.29, 1.82) is 0 Å². The molecule has 0 saturated carbocycles. The van der Waals surface area contributed by atoms with Gasteiger partial charge in [-0.05, 0) is 6.92 Å². The molecule has 0 spiro atoms. The van der Waals surface area contributed by atoms with Gasteiger partial charge in [0.15, 0.2) is 0 Å². The van der Waals surface area contributed by atoms with E-state index in [1.807, 2.05) is 0 Å². The molecule has 0 heterocycles. The third-order valence-electron chi connectivity index (χ3n) is 1.24. The fourth-order valence-electron chi connectivity index (χ4n) is 0.439. The highest BCUT2D eigenvalue weighted by molar-refractivity contribution is 5.88. The van der Waals surface area contributed by atoms with Crippen LogP contribution < -0.4 is 5.32 Å². The third kappa shape index (κ3) is 3.03. The first-order valence-electron chi connectivity index (χ1n) is 3.31. The van der Waals surface area contributed by atoms with Crippen LogP contribution in [0.1, 0.15) is 0 Å². The number of rotatable bonds is 3. The number of carboxylic acids is 1. The van der Waals surface area contributed by atoms with Gasteiger partial charge >= 0.3 is 24.0 Å². The van der Waals surface area contributed by atoms with Gasteiger partial charge in [-0.25, -0.2) is 4.79 Å². The van der Waals surface area contributed by atoms with Crippen molar-refractivity contribution in [3.05, 3.63) is 6.92 Å². The van der Waals surface area contributed by atoms with E-state index in [0.29, 0.717) is 0 Å². The lowest BCUT2D eigenvalue weighted by molar-refractivity contribution is -0.270. The van der Waals surface area contributed by atoms with Crippen LogP contribution >= 0.6 is 0 Å². The molecule has 0 aliphatic carbocycles. The fraction of sp³-hybridized carbons (Fsp3) is 0.500. The zero-order chi connectivity index (χ0) is 12.4. The molecule has 0 fully saturated rings. The lowest BCUT2D eigenvalue weighted by Crippen LogP contribution is -2.54. The van der Waals surface area contributed by atoms with Crippen molar-refractivity contribution < 1.29 is 36.6 Å². The van der Waals surface area contributed by atoms with Gasteiger partial charge in [0.05, 0.1) is 0 Å². The summed E-state index contributed by atoms with van der Waals surface area (Å²) >= 11 is 0. The molecule has 4 nitrogen and oxygen atoms in total. The molecule has 0 bridgehead atoms. The molecule has 0 aromatic carbocycles. The van der Waals surface area contributed by atoms with E-state index in [-0.39, 0.29) is 0 Å². The lowest BCUT2D eigenvalue weighted by atomic mass is 10.2. The van der Waals surface area contributed by atoms with Crippen molar-refractivity contribution in [2.24, 2.45) is 0 Å². The van der Waals surface area contributed by atoms with Gasteiger partial charge in [0.25, 0.3) is 0 Å². The Bertz CT molecular complexity index is 274. The number of carbonyl (C=O) groups is 2. The molecule has 0 aromatic rings. The topological polar surface area (TPSA) is 66.4 Å². The van der Waals surface area contributed by atoms with Gasteiger partial charge in [0, 0.05) is 0 Å². The minimum atomic E-state index is -6.07. The molecule has 0 aliphatic heterocycles. The monoisotopic (exact) mass is 234 g/mol. The van der Waals surface area contributed by atoms with Crippen LogP contribution in [0.25, 0.3) is 0 Å². The first-order valence-corrected chi connectivity index (χ1v) is 3.31. The molecular weight excluding hydrogens is 229 g/mol. The summed E-state index contributed by atoms with van der Waals surface area (Å²) in [5.74, 6) is -10.2. The maximum absolute atomic E-state index is 12.2. The van der Waals surface area contributed by atoms with Crippen molar-refractivity contribution in [3.8, 4) is 0 Å². The van der Waals surface area contributed by atoms with Gasteiger partial charge in [-0.3, -0.25) is 4.79 Å². The molecule has 1 atom stereocenters. The van der Waals surface area contributed by atoms with Gasteiger partial charge in [0.2, 0.25) is 0 Å². The quantitative estimate of drug-likeness (QED) is 0.702. The summed E-state index contributed by atoms with van der Waals surface area (Å²) in [6.07, 6.45) is -6.07. The molecule has 1 amide bonds. The number of carboxylic acid groups (broad SMARTS) is 1. The molecule has 0 aromatic heterocycles. The Labute approximate surface area is 80.1 Å². The van der Waals surface area contributed by atoms with Crippen molar-refractivity contribution in [2.45, 2.75) is 18.1 Å². The molecule has 87 valence electrons. The summed E-state index contributed by atoms with van der Waals surface area (Å²) in [6, 6.07) is -2.08. The van der Waals surface area contributed by atoms with Crippen LogP contribution in [-0.2, 0) is 9.59 Å². The van der Waals surface area contributed by atoms with Crippen molar-refractivity contribution in [1.82, 2.24) is 5.32 Å². The van der Waals surface area contributed by atoms with Gasteiger partial charge in [-0.15, -0.1) is 0 Å². The van der Waals surface area contributed by atoms with Crippen molar-refractivity contribution in [3.63, 3.8) is 0 Å². The minimum absolute atomic E-state index is 0.907. The second-order valence-electron chi connectivity index (χ2n) is 2.44. The molecule has 15 heavy (non-hydrogen) atoms. The van der Waals surface area contributed by atoms with Gasteiger partial charge in [-0.2, -0.15) is 22.0 Å². The summed E-state index contributed by atoms with van der Waals surface area (Å²) < 4.78 is 59.1. The second kappa shape index (κ2) is 3.99. The van der Waals surface area contributed by atoms with E-state index in [1.165, 1.54) is 0 Å². The fourth-order valence-corrected chi connectivity index (χ4v) is 0.439. The van der Waals surface area contributed by atoms with Crippen LogP contribution in [0, 0.1) is 6.92 Å². The number of aliphatic carboxylic acids is 1. The Morgan fingerprint density at radius 3 is 1.87 bits per heavy atom. The number of halogens is 5. The van der Waals surface area contributed by atoms with E-state index in [2.05, 4.69) is 6.92 Å². The van der Waals surface area contributed by atoms with Crippen LogP contribution in [0.3, 0.4) is 0 Å². The third-order valence-corrected chi connectivity index (χ3v) is 1.24. The molecule has 9 heteroatoms. The Hall–Kier alpha value is -1.41. The lowest BCUT2D eigenvalue weighted by Gasteiger charge is -2.19. The predicted octanol–water partition coefficient (Wildman–Crippen LogP) is 0.587. The maximum atomic E-state index is 12.2. The number of nitrogens with one attached hydrogen (secondary N) is 1. The largest absolute Gasteiger partial charge is 0.480 e. The average molecular weight is 234 g/mol. The molecule has 0 aliphatic rings. The Kier molecular flexibility index (Phi) is 3.61. The van der Waals surface area contributed by atoms with E-state index in [4.69, 9.17) is 5.11 Å². The van der Waals surface area contributed by atoms with Gasteiger partial charge < -0.3 is 10.4 Å². The zero-order valence-electron chi connectivity index (χ0n) is 6.94. The summed E-state index contributed by atoms with van der Waals surface area (Å²) in [5.41, 5.74) is 0. The molecule has 0 rings (SSSR count). The number of amides is 1. The smallest absolute Gasteiger partial charge is 0.463 e. The first kappa shape index (κ1) is 13.6. The minimum Gasteiger partial charge on any atom is -0.480 e. The van der Waals surface area contributed by atoms with Crippen LogP contribution in [0.5, 0.6) is 0 Å². The highest BCUT2D eigenvalue weighted by Gasteiger charge is 2.63. The summed E-state index contributed by atoms with van der Waals surface area (Å²) in [4.78, 5) is 20.3. The highest BCUT2D eigenvalue weighted by atomic mass is 19.4. The predicted molar refractivity (Wildman–Crippen MR) is 35.9 cm³/mol. The Morgan fingerprint density at radius 1 is 1.20 bits per heavy atom. The molecule has 1 radical (unpaired) electrons. The van der Waals surface area contributed by atoms with E-state index in [9.17, 15) is 31.5 Å². The number of carbonyl (C=O) groups excluding carboxylic acids is 1. The van der Waals surface area contributed by atoms with Gasteiger partial charge in [-0.1, -0.05) is 0 Å². The standard InChI is InChI=1S/C6H5F5NO3/c1-2(3(13)14)12-4(15)5(7,8)6(9,10)11/h2H,1H2,(H,12,15)(H,13,14). The molecule has 1 unspecified atom stereocenters. The second-order valence-corrected chi connectivity index (χ2v) is 2.44. The Balaban J connectivity index is 4.66. The number of alkyl halides is 5. The maximum Gasteiger partial charge on any atom is 0.463 e. The average Bonchev–Trinajstić information content (AvgIpc) is 2.01. The number of hydrogen-bond donors (Lipinski definition) is 2. The van der Waals surface area contributed by atoms with E-state index < -0.39 is 30.0 Å². The van der Waals surface area contributed by atoms with Crippen LogP contribution in [-0.4, -0.2) is 35.1 Å². The molecular formula is C6H5F5NO3. The van der Waals surface area contributed by atoms with Crippen LogP contribution in [0.15, 0.2) is 0 Å². The summed E-state index contributed by atoms with van der Waals surface area (Å²) in [7, 11) is 0. The zero-order valence-corrected chi connectivity index (χ0v) is 6.94. The van der Waals surface area contributed by atoms with Gasteiger partial charge in [0.1, 0.15) is 6.04 Å². The van der Waals surface area contributed by atoms with E-state index >= 15 is 0 Å². The summed E-state index contributed by atoms with van der Waals surface area (Å²) in [6.45, 7) is 2.64. The van der Waals surface area contributed by atoms with E-state index in [1.54, 1.807) is 0 Å². The van der Waals surface area contributed by atoms with Crippen LogP contribution in [0.4, 0.5) is 22.0 Å². The molecule has 0 saturated heterocycles. The van der Waals surface area contributed by atoms with Crippen molar-refractivity contribution >= 4 is 11.9 Å². The highest BCUT2D eigenvalue weighted by Crippen LogP contribution is 2.35. The SMILES string of the molecule is [CH2]C(NC(=O)C(F)(F)C(F)(F)F)C(=O)O. The normalized spacial score (nSPS) is 14.5. The number of hydrogen-bond acceptors (Lipinski definition) is 2.